The molecule has 0 fully saturated rings. The minimum Gasteiger partial charge on any atom is -0.462 e. The number of amides is 1. The smallest absolute Gasteiger partial charge is 0.326 e. The Labute approximate surface area is 115 Å². The van der Waals surface area contributed by atoms with Crippen LogP contribution in [0.2, 0.25) is 5.02 Å². The van der Waals surface area contributed by atoms with Gasteiger partial charge in [0.05, 0.1) is 22.4 Å². The van der Waals surface area contributed by atoms with Crippen molar-refractivity contribution in [3.8, 4) is 0 Å². The Kier molecular flexibility index (Phi) is 3.57. The lowest BCUT2D eigenvalue weighted by Crippen LogP contribution is -2.36. The van der Waals surface area contributed by atoms with Crippen LogP contribution in [0.1, 0.15) is 24.2 Å². The molecule has 0 atom stereocenters. The third-order valence-electron chi connectivity index (χ3n) is 2.60. The number of ether oxygens (including phenoxy) is 1. The second-order valence-corrected chi connectivity index (χ2v) is 4.80. The Morgan fingerprint density at radius 3 is 2.68 bits per heavy atom. The van der Waals surface area contributed by atoms with Crippen LogP contribution in [0.25, 0.3) is 0 Å². The molecular formula is C13H12ClNO4. The third kappa shape index (κ3) is 2.46. The van der Waals surface area contributed by atoms with E-state index in [1.165, 1.54) is 6.07 Å². The number of nitrogens with zero attached hydrogens (tertiary/aromatic N) is 1. The van der Waals surface area contributed by atoms with Gasteiger partial charge in [0.1, 0.15) is 6.54 Å². The lowest BCUT2D eigenvalue weighted by molar-refractivity contribution is -0.146. The van der Waals surface area contributed by atoms with Gasteiger partial charge in [-0.1, -0.05) is 17.7 Å². The zero-order valence-electron chi connectivity index (χ0n) is 10.5. The van der Waals surface area contributed by atoms with Crippen LogP contribution < -0.4 is 4.90 Å². The minimum atomic E-state index is -0.760. The highest BCUT2D eigenvalue weighted by Crippen LogP contribution is 2.33. The van der Waals surface area contributed by atoms with Gasteiger partial charge < -0.3 is 4.74 Å². The number of hydrogen-bond donors (Lipinski definition) is 0. The molecule has 0 saturated heterocycles. The molecular weight excluding hydrogens is 270 g/mol. The van der Waals surface area contributed by atoms with Crippen LogP contribution in [0, 0.1) is 0 Å². The average Bonchev–Trinajstić information content (AvgIpc) is 2.55. The largest absolute Gasteiger partial charge is 0.462 e. The molecule has 1 aliphatic heterocycles. The first-order chi connectivity index (χ1) is 8.91. The summed E-state index contributed by atoms with van der Waals surface area (Å²) < 4.78 is 4.96. The van der Waals surface area contributed by atoms with Gasteiger partial charge >= 0.3 is 5.97 Å². The topological polar surface area (TPSA) is 63.7 Å². The van der Waals surface area contributed by atoms with Gasteiger partial charge in [-0.15, -0.1) is 0 Å². The molecule has 1 amide bonds. The van der Waals surface area contributed by atoms with Gasteiger partial charge in [-0.05, 0) is 26.0 Å². The van der Waals surface area contributed by atoms with Gasteiger partial charge in [-0.3, -0.25) is 19.3 Å². The molecule has 0 bridgehead atoms. The Morgan fingerprint density at radius 1 is 1.37 bits per heavy atom. The molecule has 1 aromatic carbocycles. The minimum absolute atomic E-state index is 0.145. The van der Waals surface area contributed by atoms with Crippen molar-refractivity contribution >= 4 is 34.9 Å². The van der Waals surface area contributed by atoms with Crippen molar-refractivity contribution in [1.29, 1.82) is 0 Å². The molecule has 0 unspecified atom stereocenters. The van der Waals surface area contributed by atoms with E-state index in [0.717, 1.165) is 4.90 Å². The molecule has 19 heavy (non-hydrogen) atoms. The van der Waals surface area contributed by atoms with E-state index in [1.807, 2.05) is 0 Å². The van der Waals surface area contributed by atoms with Gasteiger partial charge in [0.2, 0.25) is 0 Å². The number of benzene rings is 1. The van der Waals surface area contributed by atoms with Crippen molar-refractivity contribution < 1.29 is 19.1 Å². The quantitative estimate of drug-likeness (QED) is 0.626. The number of carbonyl (C=O) groups excluding carboxylic acids is 3. The molecule has 6 heteroatoms. The van der Waals surface area contributed by atoms with Crippen LogP contribution in [0.4, 0.5) is 5.69 Å². The standard InChI is InChI=1S/C13H12ClNO4/c1-7(2)19-10(16)6-15-9-5-3-4-8(14)11(9)12(17)13(15)18/h3-5,7H,6H2,1-2H3. The number of anilines is 1. The number of hydrogen-bond acceptors (Lipinski definition) is 4. The molecule has 1 aliphatic rings. The molecule has 100 valence electrons. The molecule has 0 aromatic heterocycles. The van der Waals surface area contributed by atoms with Crippen molar-refractivity contribution in [2.75, 3.05) is 11.4 Å². The molecule has 0 radical (unpaired) electrons. The van der Waals surface area contributed by atoms with Crippen LogP contribution in [-0.4, -0.2) is 30.3 Å². The fraction of sp³-hybridized carbons (Fsp3) is 0.308. The number of fused-ring (bicyclic) bond motifs is 1. The molecule has 1 aromatic rings. The maximum absolute atomic E-state index is 11.8. The van der Waals surface area contributed by atoms with E-state index >= 15 is 0 Å². The van der Waals surface area contributed by atoms with Gasteiger partial charge in [0.15, 0.2) is 0 Å². The van der Waals surface area contributed by atoms with Gasteiger partial charge in [0, 0.05) is 0 Å². The highest BCUT2D eigenvalue weighted by atomic mass is 35.5. The van der Waals surface area contributed by atoms with Gasteiger partial charge in [-0.25, -0.2) is 0 Å². The predicted molar refractivity (Wildman–Crippen MR) is 69.4 cm³/mol. The summed E-state index contributed by atoms with van der Waals surface area (Å²) in [4.78, 5) is 36.3. The Morgan fingerprint density at radius 2 is 2.05 bits per heavy atom. The number of halogens is 1. The van der Waals surface area contributed by atoms with Gasteiger partial charge in [-0.2, -0.15) is 0 Å². The molecule has 0 saturated carbocycles. The second-order valence-electron chi connectivity index (χ2n) is 4.39. The summed E-state index contributed by atoms with van der Waals surface area (Å²) in [5.74, 6) is -2.02. The van der Waals surface area contributed by atoms with E-state index in [0.29, 0.717) is 5.69 Å². The molecule has 0 spiro atoms. The molecule has 5 nitrogen and oxygen atoms in total. The first-order valence-corrected chi connectivity index (χ1v) is 6.13. The maximum atomic E-state index is 11.8. The first-order valence-electron chi connectivity index (χ1n) is 5.76. The monoisotopic (exact) mass is 281 g/mol. The van der Waals surface area contributed by atoms with Crippen molar-refractivity contribution in [3.63, 3.8) is 0 Å². The van der Waals surface area contributed by atoms with Crippen molar-refractivity contribution in [3.05, 3.63) is 28.8 Å². The van der Waals surface area contributed by atoms with Crippen LogP contribution >= 0.6 is 11.6 Å². The number of carbonyl (C=O) groups is 3. The maximum Gasteiger partial charge on any atom is 0.326 e. The van der Waals surface area contributed by atoms with E-state index in [-0.39, 0.29) is 23.2 Å². The molecule has 0 aliphatic carbocycles. The van der Waals surface area contributed by atoms with Crippen LogP contribution in [-0.2, 0) is 14.3 Å². The van der Waals surface area contributed by atoms with E-state index in [2.05, 4.69) is 0 Å². The van der Waals surface area contributed by atoms with E-state index in [1.54, 1.807) is 26.0 Å². The molecule has 1 heterocycles. The van der Waals surface area contributed by atoms with Crippen LogP contribution in [0.15, 0.2) is 18.2 Å². The summed E-state index contributed by atoms with van der Waals surface area (Å²) in [5.41, 5.74) is 0.495. The van der Waals surface area contributed by atoms with Crippen LogP contribution in [0.5, 0.6) is 0 Å². The number of Topliss-reactive ketones (excluding diaryl/α,β-unsaturated/α-hetero) is 1. The summed E-state index contributed by atoms with van der Waals surface area (Å²) in [5, 5.41) is 0.204. The summed E-state index contributed by atoms with van der Waals surface area (Å²) in [6, 6.07) is 4.72. The summed E-state index contributed by atoms with van der Waals surface area (Å²) in [7, 11) is 0. The van der Waals surface area contributed by atoms with Crippen LogP contribution in [0.3, 0.4) is 0 Å². The Bertz CT molecular complexity index is 568. The first kappa shape index (κ1) is 13.5. The summed E-state index contributed by atoms with van der Waals surface area (Å²) in [6.07, 6.45) is -0.278. The number of rotatable bonds is 3. The molecule has 0 N–H and O–H groups in total. The summed E-state index contributed by atoms with van der Waals surface area (Å²) in [6.45, 7) is 3.12. The second kappa shape index (κ2) is 5.01. The predicted octanol–water partition coefficient (Wildman–Crippen LogP) is 1.82. The third-order valence-corrected chi connectivity index (χ3v) is 2.92. The van der Waals surface area contributed by atoms with E-state index < -0.39 is 17.7 Å². The average molecular weight is 282 g/mol. The van der Waals surface area contributed by atoms with Gasteiger partial charge in [0.25, 0.3) is 11.7 Å². The number of ketones is 1. The van der Waals surface area contributed by atoms with Crippen molar-refractivity contribution in [1.82, 2.24) is 0 Å². The normalized spacial score (nSPS) is 14.0. The Balaban J connectivity index is 2.29. The Hall–Kier alpha value is -1.88. The van der Waals surface area contributed by atoms with E-state index in [4.69, 9.17) is 16.3 Å². The summed E-state index contributed by atoms with van der Waals surface area (Å²) >= 11 is 5.90. The van der Waals surface area contributed by atoms with Crippen molar-refractivity contribution in [2.45, 2.75) is 20.0 Å². The number of esters is 1. The highest BCUT2D eigenvalue weighted by Gasteiger charge is 2.38. The fourth-order valence-electron chi connectivity index (χ4n) is 1.89. The SMILES string of the molecule is CC(C)OC(=O)CN1C(=O)C(=O)c2c(Cl)cccc21. The highest BCUT2D eigenvalue weighted by molar-refractivity contribution is 6.55. The zero-order chi connectivity index (χ0) is 14.2. The molecule has 2 rings (SSSR count). The lowest BCUT2D eigenvalue weighted by Gasteiger charge is -2.16. The lowest BCUT2D eigenvalue weighted by atomic mass is 10.1. The zero-order valence-corrected chi connectivity index (χ0v) is 11.2. The fourth-order valence-corrected chi connectivity index (χ4v) is 2.14. The van der Waals surface area contributed by atoms with Crippen molar-refractivity contribution in [2.24, 2.45) is 0 Å². The van der Waals surface area contributed by atoms with E-state index in [9.17, 15) is 14.4 Å².